The Morgan fingerprint density at radius 3 is 2.27 bits per heavy atom. The number of urea groups is 1. The lowest BCUT2D eigenvalue weighted by atomic mass is 10.2. The SMILES string of the molecule is COC(=O)C(C)CN(C)C(=O)NC(C)C. The van der Waals surface area contributed by atoms with Gasteiger partial charge in [-0.15, -0.1) is 0 Å². The van der Waals surface area contributed by atoms with E-state index in [1.54, 1.807) is 14.0 Å². The number of hydrogen-bond donors (Lipinski definition) is 1. The molecule has 88 valence electrons. The summed E-state index contributed by atoms with van der Waals surface area (Å²) in [6.45, 7) is 5.85. The Morgan fingerprint density at radius 1 is 1.33 bits per heavy atom. The van der Waals surface area contributed by atoms with E-state index in [0.29, 0.717) is 6.54 Å². The van der Waals surface area contributed by atoms with Gasteiger partial charge in [-0.1, -0.05) is 6.92 Å². The molecule has 0 saturated carbocycles. The van der Waals surface area contributed by atoms with Crippen LogP contribution in [0.3, 0.4) is 0 Å². The molecule has 0 spiro atoms. The van der Waals surface area contributed by atoms with Crippen LogP contribution < -0.4 is 5.32 Å². The second-order valence-corrected chi connectivity index (χ2v) is 3.91. The monoisotopic (exact) mass is 216 g/mol. The first-order chi connectivity index (χ1) is 6.88. The molecule has 0 aliphatic heterocycles. The van der Waals surface area contributed by atoms with Gasteiger partial charge in [-0.25, -0.2) is 4.79 Å². The Labute approximate surface area is 90.8 Å². The van der Waals surface area contributed by atoms with Gasteiger partial charge in [0.05, 0.1) is 13.0 Å². The van der Waals surface area contributed by atoms with Crippen LogP contribution in [0.5, 0.6) is 0 Å². The normalized spacial score (nSPS) is 12.1. The molecule has 1 atom stereocenters. The Kier molecular flexibility index (Phi) is 5.74. The second-order valence-electron chi connectivity index (χ2n) is 3.91. The van der Waals surface area contributed by atoms with Gasteiger partial charge in [-0.3, -0.25) is 4.79 Å². The maximum Gasteiger partial charge on any atom is 0.317 e. The number of rotatable bonds is 4. The lowest BCUT2D eigenvalue weighted by Crippen LogP contribution is -2.43. The van der Waals surface area contributed by atoms with Gasteiger partial charge < -0.3 is 15.0 Å². The van der Waals surface area contributed by atoms with E-state index in [9.17, 15) is 9.59 Å². The fraction of sp³-hybridized carbons (Fsp3) is 0.800. The molecule has 0 radical (unpaired) electrons. The van der Waals surface area contributed by atoms with E-state index < -0.39 is 0 Å². The minimum absolute atomic E-state index is 0.0911. The van der Waals surface area contributed by atoms with Gasteiger partial charge in [0.15, 0.2) is 0 Å². The van der Waals surface area contributed by atoms with Crippen LogP contribution in [0.1, 0.15) is 20.8 Å². The van der Waals surface area contributed by atoms with Gasteiger partial charge >= 0.3 is 12.0 Å². The molecule has 2 amide bonds. The third-order valence-electron chi connectivity index (χ3n) is 1.91. The molecule has 0 saturated heterocycles. The number of amides is 2. The van der Waals surface area contributed by atoms with E-state index in [2.05, 4.69) is 10.1 Å². The highest BCUT2D eigenvalue weighted by Crippen LogP contribution is 2.00. The Hall–Kier alpha value is -1.26. The molecule has 15 heavy (non-hydrogen) atoms. The number of nitrogens with one attached hydrogen (secondary N) is 1. The number of ether oxygens (including phenoxy) is 1. The summed E-state index contributed by atoms with van der Waals surface area (Å²) in [6.07, 6.45) is 0. The number of methoxy groups -OCH3 is 1. The topological polar surface area (TPSA) is 58.6 Å². The Bertz CT molecular complexity index is 229. The van der Waals surface area contributed by atoms with Crippen LogP contribution in [-0.4, -0.2) is 43.6 Å². The highest BCUT2D eigenvalue weighted by molar-refractivity contribution is 5.76. The van der Waals surface area contributed by atoms with Crippen LogP contribution in [0.2, 0.25) is 0 Å². The van der Waals surface area contributed by atoms with Crippen molar-refractivity contribution in [3.05, 3.63) is 0 Å². The minimum Gasteiger partial charge on any atom is -0.469 e. The predicted octanol–water partition coefficient (Wildman–Crippen LogP) is 0.845. The van der Waals surface area contributed by atoms with Crippen LogP contribution >= 0.6 is 0 Å². The highest BCUT2D eigenvalue weighted by Gasteiger charge is 2.18. The molecule has 0 aromatic carbocycles. The van der Waals surface area contributed by atoms with Crippen LogP contribution in [-0.2, 0) is 9.53 Å². The average molecular weight is 216 g/mol. The van der Waals surface area contributed by atoms with Gasteiger partial charge in [0.25, 0.3) is 0 Å². The van der Waals surface area contributed by atoms with Crippen molar-refractivity contribution in [2.75, 3.05) is 20.7 Å². The van der Waals surface area contributed by atoms with Gasteiger partial charge in [0.1, 0.15) is 0 Å². The van der Waals surface area contributed by atoms with Crippen molar-refractivity contribution in [1.29, 1.82) is 0 Å². The number of nitrogens with zero attached hydrogens (tertiary/aromatic N) is 1. The van der Waals surface area contributed by atoms with Crippen molar-refractivity contribution < 1.29 is 14.3 Å². The molecule has 0 aromatic heterocycles. The van der Waals surface area contributed by atoms with E-state index in [0.717, 1.165) is 0 Å². The first kappa shape index (κ1) is 13.7. The van der Waals surface area contributed by atoms with Crippen molar-refractivity contribution in [2.24, 2.45) is 5.92 Å². The number of esters is 1. The quantitative estimate of drug-likeness (QED) is 0.709. The van der Waals surface area contributed by atoms with E-state index in [1.165, 1.54) is 12.0 Å². The second kappa shape index (κ2) is 6.27. The average Bonchev–Trinajstić information content (AvgIpc) is 2.15. The van der Waals surface area contributed by atoms with E-state index in [1.807, 2.05) is 13.8 Å². The summed E-state index contributed by atoms with van der Waals surface area (Å²) >= 11 is 0. The fourth-order valence-corrected chi connectivity index (χ4v) is 1.13. The van der Waals surface area contributed by atoms with E-state index in [-0.39, 0.29) is 24.0 Å². The highest BCUT2D eigenvalue weighted by atomic mass is 16.5. The third kappa shape index (κ3) is 5.24. The van der Waals surface area contributed by atoms with Crippen LogP contribution in [0, 0.1) is 5.92 Å². The summed E-state index contributed by atoms with van der Waals surface area (Å²) in [5.41, 5.74) is 0. The number of carbonyl (C=O) groups excluding carboxylic acids is 2. The maximum atomic E-state index is 11.5. The smallest absolute Gasteiger partial charge is 0.317 e. The lowest BCUT2D eigenvalue weighted by Gasteiger charge is -2.21. The summed E-state index contributed by atoms with van der Waals surface area (Å²) in [5, 5.41) is 2.74. The van der Waals surface area contributed by atoms with Gasteiger partial charge in [-0.2, -0.15) is 0 Å². The van der Waals surface area contributed by atoms with Crippen LogP contribution in [0.4, 0.5) is 4.79 Å². The first-order valence-electron chi connectivity index (χ1n) is 4.98. The summed E-state index contributed by atoms with van der Waals surface area (Å²) in [6, 6.07) is -0.0888. The fourth-order valence-electron chi connectivity index (χ4n) is 1.13. The van der Waals surface area contributed by atoms with Crippen molar-refractivity contribution in [3.8, 4) is 0 Å². The van der Waals surface area contributed by atoms with E-state index >= 15 is 0 Å². The summed E-state index contributed by atoms with van der Waals surface area (Å²) in [7, 11) is 2.99. The molecule has 0 rings (SSSR count). The van der Waals surface area contributed by atoms with Crippen molar-refractivity contribution >= 4 is 12.0 Å². The maximum absolute atomic E-state index is 11.5. The molecule has 0 heterocycles. The molecule has 0 fully saturated rings. The largest absolute Gasteiger partial charge is 0.469 e. The van der Waals surface area contributed by atoms with Crippen LogP contribution in [0.25, 0.3) is 0 Å². The summed E-state index contributed by atoms with van der Waals surface area (Å²) in [4.78, 5) is 24.0. The zero-order valence-electron chi connectivity index (χ0n) is 10.0. The first-order valence-corrected chi connectivity index (χ1v) is 4.98. The molecule has 5 heteroatoms. The predicted molar refractivity (Wildman–Crippen MR) is 57.5 cm³/mol. The zero-order valence-corrected chi connectivity index (χ0v) is 10.0. The number of hydrogen-bond acceptors (Lipinski definition) is 3. The van der Waals surface area contributed by atoms with Gasteiger partial charge in [0, 0.05) is 19.6 Å². The zero-order chi connectivity index (χ0) is 12.0. The molecule has 0 aromatic rings. The van der Waals surface area contributed by atoms with Crippen molar-refractivity contribution in [1.82, 2.24) is 10.2 Å². The minimum atomic E-state index is -0.307. The molecule has 0 aliphatic carbocycles. The van der Waals surface area contributed by atoms with Crippen molar-refractivity contribution in [2.45, 2.75) is 26.8 Å². The molecule has 0 aliphatic rings. The molecular weight excluding hydrogens is 196 g/mol. The van der Waals surface area contributed by atoms with Gasteiger partial charge in [0.2, 0.25) is 0 Å². The van der Waals surface area contributed by atoms with Gasteiger partial charge in [-0.05, 0) is 13.8 Å². The molecule has 1 N–H and O–H groups in total. The lowest BCUT2D eigenvalue weighted by molar-refractivity contribution is -0.145. The molecule has 5 nitrogen and oxygen atoms in total. The van der Waals surface area contributed by atoms with Crippen molar-refractivity contribution in [3.63, 3.8) is 0 Å². The standard InChI is InChI=1S/C10H20N2O3/c1-7(2)11-10(14)12(4)6-8(3)9(13)15-5/h7-8H,6H2,1-5H3,(H,11,14). The van der Waals surface area contributed by atoms with Crippen LogP contribution in [0.15, 0.2) is 0 Å². The Balaban J connectivity index is 4.06. The summed E-state index contributed by atoms with van der Waals surface area (Å²) < 4.78 is 4.58. The number of carbonyl (C=O) groups is 2. The third-order valence-corrected chi connectivity index (χ3v) is 1.91. The molecular formula is C10H20N2O3. The summed E-state index contributed by atoms with van der Waals surface area (Å²) in [5.74, 6) is -0.614. The Morgan fingerprint density at radius 2 is 1.87 bits per heavy atom. The molecule has 0 bridgehead atoms. The van der Waals surface area contributed by atoms with E-state index in [4.69, 9.17) is 0 Å². The molecule has 1 unspecified atom stereocenters.